The number of para-hydroxylation sites is 1. The molecule has 0 atom stereocenters. The zero-order valence-electron chi connectivity index (χ0n) is 29.8. The molecule has 0 radical (unpaired) electrons. The van der Waals surface area contributed by atoms with E-state index in [9.17, 15) is 0 Å². The predicted octanol–water partition coefficient (Wildman–Crippen LogP) is 13.4. The van der Waals surface area contributed by atoms with Gasteiger partial charge in [-0.05, 0) is 45.0 Å². The van der Waals surface area contributed by atoms with Crippen LogP contribution in [0.15, 0.2) is 205 Å². The van der Waals surface area contributed by atoms with Gasteiger partial charge in [0.15, 0.2) is 17.5 Å². The van der Waals surface area contributed by atoms with E-state index in [0.717, 1.165) is 72.0 Å². The minimum absolute atomic E-state index is 0.588. The molecule has 258 valence electrons. The van der Waals surface area contributed by atoms with Crippen LogP contribution in [0.2, 0.25) is 0 Å². The quantitative estimate of drug-likeness (QED) is 0.166. The topological polar surface area (TPSA) is 51.8 Å². The van der Waals surface area contributed by atoms with Gasteiger partial charge in [-0.1, -0.05) is 194 Å². The van der Waals surface area contributed by atoms with Crippen LogP contribution < -0.4 is 0 Å². The lowest BCUT2D eigenvalue weighted by molar-refractivity contribution is 0.670. The largest absolute Gasteiger partial charge is 0.455 e. The van der Waals surface area contributed by atoms with Crippen molar-refractivity contribution in [1.82, 2.24) is 15.0 Å². The lowest BCUT2D eigenvalue weighted by atomic mass is 9.98. The van der Waals surface area contributed by atoms with Gasteiger partial charge in [-0.3, -0.25) is 0 Å². The average Bonchev–Trinajstić information content (AvgIpc) is 3.67. The molecule has 0 fully saturated rings. The Kier molecular flexibility index (Phi) is 8.12. The van der Waals surface area contributed by atoms with E-state index in [2.05, 4.69) is 170 Å². The molecule has 55 heavy (non-hydrogen) atoms. The van der Waals surface area contributed by atoms with Crippen LogP contribution in [0.4, 0.5) is 0 Å². The van der Waals surface area contributed by atoms with Crippen molar-refractivity contribution in [2.24, 2.45) is 0 Å². The number of rotatable bonds is 7. The lowest BCUT2D eigenvalue weighted by Crippen LogP contribution is -2.00. The second kappa shape index (κ2) is 13.8. The van der Waals surface area contributed by atoms with Gasteiger partial charge in [-0.15, -0.1) is 0 Å². The maximum Gasteiger partial charge on any atom is 0.164 e. The standard InChI is InChI=1S/C51H33N3O/c1-4-12-34(13-5-1)37-22-28-40(29-23-37)43-18-10-19-44-47-45(20-11-21-46(47)55-48(43)44)51-53-49(41-30-24-38(25-31-41)35-14-6-2-7-15-35)52-50(54-51)42-32-26-39(27-33-42)36-16-8-3-9-17-36/h1-33H. The molecule has 0 N–H and O–H groups in total. The molecule has 0 unspecified atom stereocenters. The molecule has 4 heteroatoms. The molecule has 0 saturated carbocycles. The molecule has 0 aliphatic rings. The Morgan fingerprint density at radius 2 is 0.655 bits per heavy atom. The van der Waals surface area contributed by atoms with E-state index in [1.165, 1.54) is 11.1 Å². The molecule has 0 saturated heterocycles. The summed E-state index contributed by atoms with van der Waals surface area (Å²) in [6, 6.07) is 69.2. The van der Waals surface area contributed by atoms with Crippen molar-refractivity contribution >= 4 is 21.9 Å². The van der Waals surface area contributed by atoms with Crippen molar-refractivity contribution in [3.8, 4) is 78.7 Å². The number of hydrogen-bond donors (Lipinski definition) is 0. The highest BCUT2D eigenvalue weighted by Crippen LogP contribution is 2.41. The summed E-state index contributed by atoms with van der Waals surface area (Å²) in [6.45, 7) is 0. The first-order valence-corrected chi connectivity index (χ1v) is 18.4. The maximum absolute atomic E-state index is 6.68. The highest BCUT2D eigenvalue weighted by atomic mass is 16.3. The predicted molar refractivity (Wildman–Crippen MR) is 225 cm³/mol. The molecule has 10 aromatic rings. The summed E-state index contributed by atoms with van der Waals surface area (Å²) >= 11 is 0. The van der Waals surface area contributed by atoms with Gasteiger partial charge in [0.1, 0.15) is 11.2 Å². The van der Waals surface area contributed by atoms with Crippen molar-refractivity contribution in [2.75, 3.05) is 0 Å². The molecule has 0 aliphatic heterocycles. The van der Waals surface area contributed by atoms with Crippen LogP contribution in [-0.4, -0.2) is 15.0 Å². The number of aromatic nitrogens is 3. The first-order valence-electron chi connectivity index (χ1n) is 18.4. The van der Waals surface area contributed by atoms with Gasteiger partial charge in [0, 0.05) is 33.0 Å². The molecule has 0 spiro atoms. The molecule has 0 amide bonds. The Morgan fingerprint density at radius 1 is 0.273 bits per heavy atom. The van der Waals surface area contributed by atoms with Gasteiger partial charge in [0.05, 0.1) is 0 Å². The first kappa shape index (κ1) is 32.2. The summed E-state index contributed by atoms with van der Waals surface area (Å²) in [5.74, 6) is 1.80. The molecule has 4 nitrogen and oxygen atoms in total. The van der Waals surface area contributed by atoms with E-state index in [0.29, 0.717) is 17.5 Å². The summed E-state index contributed by atoms with van der Waals surface area (Å²) < 4.78 is 6.68. The number of furan rings is 1. The zero-order chi connectivity index (χ0) is 36.6. The smallest absolute Gasteiger partial charge is 0.164 e. The molecular formula is C51H33N3O. The van der Waals surface area contributed by atoms with Crippen LogP contribution in [-0.2, 0) is 0 Å². The van der Waals surface area contributed by atoms with Crippen molar-refractivity contribution in [3.05, 3.63) is 200 Å². The van der Waals surface area contributed by atoms with Crippen LogP contribution in [0.1, 0.15) is 0 Å². The second-order valence-corrected chi connectivity index (χ2v) is 13.6. The Balaban J connectivity index is 1.10. The second-order valence-electron chi connectivity index (χ2n) is 13.6. The number of benzene rings is 8. The van der Waals surface area contributed by atoms with Crippen LogP contribution in [0.25, 0.3) is 101 Å². The van der Waals surface area contributed by atoms with E-state index < -0.39 is 0 Å². The van der Waals surface area contributed by atoms with E-state index in [4.69, 9.17) is 19.4 Å². The van der Waals surface area contributed by atoms with Crippen molar-refractivity contribution in [3.63, 3.8) is 0 Å². The monoisotopic (exact) mass is 703 g/mol. The Morgan fingerprint density at radius 3 is 1.15 bits per heavy atom. The van der Waals surface area contributed by atoms with Crippen molar-refractivity contribution < 1.29 is 4.42 Å². The van der Waals surface area contributed by atoms with E-state index in [1.807, 2.05) is 30.3 Å². The fraction of sp³-hybridized carbons (Fsp3) is 0. The van der Waals surface area contributed by atoms with Crippen molar-refractivity contribution in [1.29, 1.82) is 0 Å². The van der Waals surface area contributed by atoms with Crippen LogP contribution in [0.3, 0.4) is 0 Å². The van der Waals surface area contributed by atoms with Crippen LogP contribution in [0.5, 0.6) is 0 Å². The first-order chi connectivity index (χ1) is 27.2. The number of nitrogens with zero attached hydrogens (tertiary/aromatic N) is 3. The normalized spacial score (nSPS) is 11.3. The minimum atomic E-state index is 0.588. The summed E-state index contributed by atoms with van der Waals surface area (Å²) in [4.78, 5) is 15.4. The average molecular weight is 704 g/mol. The lowest BCUT2D eigenvalue weighted by Gasteiger charge is -2.10. The van der Waals surface area contributed by atoms with Crippen LogP contribution in [0, 0.1) is 0 Å². The minimum Gasteiger partial charge on any atom is -0.455 e. The molecule has 2 aromatic heterocycles. The fourth-order valence-electron chi connectivity index (χ4n) is 7.37. The molecule has 10 rings (SSSR count). The van der Waals surface area contributed by atoms with Gasteiger partial charge in [-0.25, -0.2) is 15.0 Å². The third kappa shape index (κ3) is 6.16. The highest BCUT2D eigenvalue weighted by molar-refractivity contribution is 6.15. The Labute approximate surface area is 319 Å². The van der Waals surface area contributed by atoms with E-state index in [-0.39, 0.29) is 0 Å². The Bertz CT molecular complexity index is 2820. The molecule has 2 heterocycles. The summed E-state index contributed by atoms with van der Waals surface area (Å²) in [5, 5.41) is 1.99. The highest BCUT2D eigenvalue weighted by Gasteiger charge is 2.20. The molecular weight excluding hydrogens is 671 g/mol. The summed E-state index contributed by atoms with van der Waals surface area (Å²) in [7, 11) is 0. The third-order valence-electron chi connectivity index (χ3n) is 10.2. The van der Waals surface area contributed by atoms with Gasteiger partial charge in [0.25, 0.3) is 0 Å². The Hall–Kier alpha value is -7.43. The van der Waals surface area contributed by atoms with E-state index >= 15 is 0 Å². The number of fused-ring (bicyclic) bond motifs is 3. The SMILES string of the molecule is c1ccc(-c2ccc(-c3nc(-c4ccc(-c5ccccc5)cc4)nc(-c4cccc5oc6c(-c7ccc(-c8ccccc8)cc7)cccc6c45)n3)cc2)cc1. The molecule has 0 aliphatic carbocycles. The van der Waals surface area contributed by atoms with Crippen LogP contribution >= 0.6 is 0 Å². The molecule has 8 aromatic carbocycles. The maximum atomic E-state index is 6.68. The van der Waals surface area contributed by atoms with Crippen molar-refractivity contribution in [2.45, 2.75) is 0 Å². The summed E-state index contributed by atoms with van der Waals surface area (Å²) in [5.41, 5.74) is 13.4. The van der Waals surface area contributed by atoms with Gasteiger partial charge in [0.2, 0.25) is 0 Å². The van der Waals surface area contributed by atoms with Gasteiger partial charge in [-0.2, -0.15) is 0 Å². The fourth-order valence-corrected chi connectivity index (χ4v) is 7.37. The third-order valence-corrected chi connectivity index (χ3v) is 10.2. The van der Waals surface area contributed by atoms with Gasteiger partial charge >= 0.3 is 0 Å². The number of hydrogen-bond acceptors (Lipinski definition) is 4. The molecule has 0 bridgehead atoms. The zero-order valence-corrected chi connectivity index (χ0v) is 29.8. The van der Waals surface area contributed by atoms with E-state index in [1.54, 1.807) is 0 Å². The summed E-state index contributed by atoms with van der Waals surface area (Å²) in [6.07, 6.45) is 0. The van der Waals surface area contributed by atoms with Gasteiger partial charge < -0.3 is 4.42 Å².